The fourth-order valence-electron chi connectivity index (χ4n) is 3.75. The van der Waals surface area contributed by atoms with Crippen LogP contribution in [0.4, 0.5) is 0 Å². The zero-order chi connectivity index (χ0) is 18.1. The van der Waals surface area contributed by atoms with E-state index in [4.69, 9.17) is 4.74 Å². The van der Waals surface area contributed by atoms with Gasteiger partial charge in [-0.05, 0) is 48.4 Å². The summed E-state index contributed by atoms with van der Waals surface area (Å²) in [5.74, 6) is -1.05. The number of hydrogen-bond donors (Lipinski definition) is 2. The molecule has 4 rings (SSSR count). The fourth-order valence-corrected chi connectivity index (χ4v) is 4.94. The van der Waals surface area contributed by atoms with E-state index in [9.17, 15) is 14.7 Å². The first-order valence-corrected chi connectivity index (χ1v) is 9.71. The van der Waals surface area contributed by atoms with E-state index in [-0.39, 0.29) is 12.5 Å². The number of benzene rings is 1. The third-order valence-electron chi connectivity index (χ3n) is 5.45. The first kappa shape index (κ1) is 17.2. The Morgan fingerprint density at radius 3 is 2.65 bits per heavy atom. The minimum absolute atomic E-state index is 0.143. The molecule has 26 heavy (non-hydrogen) atoms. The molecule has 1 aliphatic heterocycles. The van der Waals surface area contributed by atoms with Crippen LogP contribution in [0, 0.1) is 5.41 Å². The summed E-state index contributed by atoms with van der Waals surface area (Å²) in [5.41, 5.74) is 2.82. The number of rotatable bonds is 4. The minimum Gasteiger partial charge on any atom is -0.481 e. The van der Waals surface area contributed by atoms with Crippen molar-refractivity contribution in [2.45, 2.75) is 25.7 Å². The van der Waals surface area contributed by atoms with Crippen LogP contribution >= 0.6 is 11.3 Å². The van der Waals surface area contributed by atoms with Gasteiger partial charge in [0.15, 0.2) is 0 Å². The largest absolute Gasteiger partial charge is 0.481 e. The Morgan fingerprint density at radius 1 is 1.15 bits per heavy atom. The minimum atomic E-state index is -0.919. The van der Waals surface area contributed by atoms with Crippen molar-refractivity contribution in [1.29, 1.82) is 0 Å². The van der Waals surface area contributed by atoms with Crippen LogP contribution in [0.15, 0.2) is 30.3 Å². The average Bonchev–Trinajstić information content (AvgIpc) is 3.11. The number of carbonyl (C=O) groups is 2. The van der Waals surface area contributed by atoms with Crippen molar-refractivity contribution in [3.63, 3.8) is 0 Å². The molecule has 5 nitrogen and oxygen atoms in total. The molecule has 2 heterocycles. The number of aliphatic carboxylic acids is 1. The van der Waals surface area contributed by atoms with Crippen LogP contribution in [0.2, 0.25) is 0 Å². The molecule has 0 spiro atoms. The van der Waals surface area contributed by atoms with Gasteiger partial charge in [0.1, 0.15) is 0 Å². The molecule has 0 unspecified atom stereocenters. The van der Waals surface area contributed by atoms with E-state index in [1.165, 1.54) is 28.0 Å². The average molecular weight is 371 g/mol. The van der Waals surface area contributed by atoms with Gasteiger partial charge in [0.2, 0.25) is 0 Å². The van der Waals surface area contributed by atoms with Gasteiger partial charge < -0.3 is 15.2 Å². The van der Waals surface area contributed by atoms with Gasteiger partial charge in [0.25, 0.3) is 5.91 Å². The van der Waals surface area contributed by atoms with Crippen LogP contribution in [0.1, 0.15) is 33.6 Å². The Bertz CT molecular complexity index is 851. The van der Waals surface area contributed by atoms with Gasteiger partial charge in [0, 0.05) is 24.6 Å². The number of hydrogen-bond acceptors (Lipinski definition) is 4. The number of carbonyl (C=O) groups excluding carboxylic acids is 1. The first-order chi connectivity index (χ1) is 12.6. The normalized spacial score (nSPS) is 17.8. The molecule has 1 aromatic heterocycles. The third-order valence-corrected chi connectivity index (χ3v) is 6.66. The lowest BCUT2D eigenvalue weighted by Crippen LogP contribution is -2.46. The van der Waals surface area contributed by atoms with Crippen molar-refractivity contribution >= 4 is 23.2 Å². The predicted octanol–water partition coefficient (Wildman–Crippen LogP) is 3.12. The van der Waals surface area contributed by atoms with Crippen LogP contribution in [-0.2, 0) is 22.4 Å². The molecule has 0 bridgehead atoms. The van der Waals surface area contributed by atoms with E-state index in [0.29, 0.717) is 30.9 Å². The monoisotopic (exact) mass is 371 g/mol. The van der Waals surface area contributed by atoms with Gasteiger partial charge >= 0.3 is 5.97 Å². The number of aryl methyl sites for hydroxylation is 2. The van der Waals surface area contributed by atoms with E-state index in [1.807, 2.05) is 18.2 Å². The van der Waals surface area contributed by atoms with Crippen molar-refractivity contribution < 1.29 is 19.4 Å². The van der Waals surface area contributed by atoms with Gasteiger partial charge in [0.05, 0.1) is 10.3 Å². The number of fused-ring (bicyclic) bond motifs is 3. The van der Waals surface area contributed by atoms with Gasteiger partial charge in [-0.15, -0.1) is 11.3 Å². The second-order valence-electron chi connectivity index (χ2n) is 7.00. The Morgan fingerprint density at radius 2 is 1.88 bits per heavy atom. The predicted molar refractivity (Wildman–Crippen MR) is 99.6 cm³/mol. The number of nitrogens with one attached hydrogen (secondary N) is 1. The lowest BCUT2D eigenvalue weighted by Gasteiger charge is -2.33. The molecule has 1 amide bonds. The molecule has 1 aliphatic carbocycles. The van der Waals surface area contributed by atoms with E-state index < -0.39 is 11.4 Å². The van der Waals surface area contributed by atoms with Crippen LogP contribution in [0.3, 0.4) is 0 Å². The highest BCUT2D eigenvalue weighted by molar-refractivity contribution is 7.17. The summed E-state index contributed by atoms with van der Waals surface area (Å²) in [6.07, 6.45) is 2.78. The first-order valence-electron chi connectivity index (χ1n) is 8.89. The van der Waals surface area contributed by atoms with E-state index in [2.05, 4.69) is 17.4 Å². The molecule has 2 N–H and O–H groups in total. The summed E-state index contributed by atoms with van der Waals surface area (Å²) in [6, 6.07) is 10.3. The lowest BCUT2D eigenvalue weighted by atomic mass is 9.80. The molecule has 1 fully saturated rings. The van der Waals surface area contributed by atoms with E-state index in [0.717, 1.165) is 17.7 Å². The molecule has 0 atom stereocenters. The third kappa shape index (κ3) is 3.04. The molecular weight excluding hydrogens is 350 g/mol. The summed E-state index contributed by atoms with van der Waals surface area (Å²) in [4.78, 5) is 26.2. The van der Waals surface area contributed by atoms with Crippen LogP contribution < -0.4 is 5.32 Å². The second kappa shape index (κ2) is 6.85. The number of carboxylic acids is 1. The van der Waals surface area contributed by atoms with E-state index >= 15 is 0 Å². The molecule has 0 radical (unpaired) electrons. The van der Waals surface area contributed by atoms with Crippen molar-refractivity contribution in [3.8, 4) is 10.4 Å². The second-order valence-corrected chi connectivity index (χ2v) is 8.05. The Kier molecular flexibility index (Phi) is 4.54. The van der Waals surface area contributed by atoms with Gasteiger partial charge in [-0.2, -0.15) is 0 Å². The Labute approximate surface area is 156 Å². The molecule has 2 aliphatic rings. The van der Waals surface area contributed by atoms with Gasteiger partial charge in [-0.3, -0.25) is 9.59 Å². The molecular formula is C20H21NO4S. The number of carboxylic acid groups (broad SMARTS) is 1. The molecule has 6 heteroatoms. The Hall–Kier alpha value is -2.18. The summed E-state index contributed by atoms with van der Waals surface area (Å²) in [6.45, 7) is 0.988. The van der Waals surface area contributed by atoms with E-state index in [1.54, 1.807) is 0 Å². The number of amides is 1. The molecule has 0 saturated carbocycles. The van der Waals surface area contributed by atoms with Crippen LogP contribution in [-0.4, -0.2) is 36.7 Å². The molecule has 2 aromatic rings. The molecule has 1 saturated heterocycles. The maximum Gasteiger partial charge on any atom is 0.311 e. The summed E-state index contributed by atoms with van der Waals surface area (Å²) in [7, 11) is 0. The summed E-state index contributed by atoms with van der Waals surface area (Å²) in [5, 5.41) is 12.5. The number of ether oxygens (including phenoxy) is 1. The van der Waals surface area contributed by atoms with Gasteiger partial charge in [-0.25, -0.2) is 0 Å². The smallest absolute Gasteiger partial charge is 0.311 e. The zero-order valence-corrected chi connectivity index (χ0v) is 15.2. The highest BCUT2D eigenvalue weighted by Gasteiger charge is 2.40. The summed E-state index contributed by atoms with van der Waals surface area (Å²) >= 11 is 1.50. The highest BCUT2D eigenvalue weighted by atomic mass is 32.1. The van der Waals surface area contributed by atoms with Crippen molar-refractivity contribution in [3.05, 3.63) is 46.3 Å². The SMILES string of the molecule is O=C(NCC1(C(=O)O)CCOCC1)c1cc2c(s1)-c1ccccc1CC2. The number of thiophene rings is 1. The highest BCUT2D eigenvalue weighted by Crippen LogP contribution is 2.39. The van der Waals surface area contributed by atoms with Crippen LogP contribution in [0.25, 0.3) is 10.4 Å². The molecule has 1 aromatic carbocycles. The van der Waals surface area contributed by atoms with Crippen molar-refractivity contribution in [2.75, 3.05) is 19.8 Å². The van der Waals surface area contributed by atoms with Crippen molar-refractivity contribution in [2.24, 2.45) is 5.41 Å². The standard InChI is InChI=1S/C20H21NO4S/c22-18(21-12-20(19(23)24)7-9-25-10-8-20)16-11-14-6-5-13-3-1-2-4-15(13)17(14)26-16/h1-4,11H,5-10,12H2,(H,21,22)(H,23,24). The van der Waals surface area contributed by atoms with Crippen LogP contribution in [0.5, 0.6) is 0 Å². The quantitative estimate of drug-likeness (QED) is 0.866. The topological polar surface area (TPSA) is 75.6 Å². The fraction of sp³-hybridized carbons (Fsp3) is 0.400. The summed E-state index contributed by atoms with van der Waals surface area (Å²) < 4.78 is 5.28. The molecule has 136 valence electrons. The van der Waals surface area contributed by atoms with Crippen molar-refractivity contribution in [1.82, 2.24) is 5.32 Å². The van der Waals surface area contributed by atoms with Gasteiger partial charge in [-0.1, -0.05) is 24.3 Å². The maximum absolute atomic E-state index is 12.7. The zero-order valence-electron chi connectivity index (χ0n) is 14.4. The lowest BCUT2D eigenvalue weighted by molar-refractivity contribution is -0.154. The Balaban J connectivity index is 1.52. The maximum atomic E-state index is 12.7.